The van der Waals surface area contributed by atoms with Crippen molar-refractivity contribution in [1.29, 1.82) is 0 Å². The molecule has 0 spiro atoms. The molecule has 0 atom stereocenters. The molecule has 2 rings (SSSR count). The lowest BCUT2D eigenvalue weighted by Crippen LogP contribution is -2.14. The van der Waals surface area contributed by atoms with Gasteiger partial charge in [-0.25, -0.2) is 0 Å². The third-order valence-electron chi connectivity index (χ3n) is 2.85. The molecule has 0 amide bonds. The minimum absolute atomic E-state index is 0.139. The van der Waals surface area contributed by atoms with Gasteiger partial charge in [0.05, 0.1) is 0 Å². The van der Waals surface area contributed by atoms with E-state index < -0.39 is 0 Å². The third kappa shape index (κ3) is 1.86. The van der Waals surface area contributed by atoms with E-state index in [1.807, 2.05) is 31.2 Å². The lowest BCUT2D eigenvalue weighted by atomic mass is 10.0. The van der Waals surface area contributed by atoms with Crippen molar-refractivity contribution in [2.75, 3.05) is 6.54 Å². The number of aromatic nitrogens is 1. The SMILES string of the molecule is Cc1[nH]c2ccccc2c(=O)c1CCCN. The third-order valence-corrected chi connectivity index (χ3v) is 2.85. The lowest BCUT2D eigenvalue weighted by molar-refractivity contribution is 0.819. The summed E-state index contributed by atoms with van der Waals surface area (Å²) >= 11 is 0. The summed E-state index contributed by atoms with van der Waals surface area (Å²) in [4.78, 5) is 15.5. The van der Waals surface area contributed by atoms with Crippen LogP contribution >= 0.6 is 0 Å². The average molecular weight is 216 g/mol. The fourth-order valence-corrected chi connectivity index (χ4v) is 1.98. The second kappa shape index (κ2) is 4.49. The number of pyridine rings is 1. The van der Waals surface area contributed by atoms with Crippen LogP contribution < -0.4 is 11.2 Å². The molecule has 0 aliphatic carbocycles. The van der Waals surface area contributed by atoms with Gasteiger partial charge in [-0.3, -0.25) is 4.79 Å². The minimum atomic E-state index is 0.139. The number of aromatic amines is 1. The second-order valence-electron chi connectivity index (χ2n) is 4.00. The highest BCUT2D eigenvalue weighted by Crippen LogP contribution is 2.11. The van der Waals surface area contributed by atoms with E-state index in [1.54, 1.807) is 0 Å². The van der Waals surface area contributed by atoms with Crippen LogP contribution in [0.15, 0.2) is 29.1 Å². The van der Waals surface area contributed by atoms with Crippen molar-refractivity contribution in [2.24, 2.45) is 5.73 Å². The number of fused-ring (bicyclic) bond motifs is 1. The Bertz CT molecular complexity index is 557. The number of hydrogen-bond donors (Lipinski definition) is 2. The molecule has 0 saturated carbocycles. The first kappa shape index (κ1) is 10.9. The van der Waals surface area contributed by atoms with E-state index in [0.29, 0.717) is 6.54 Å². The highest BCUT2D eigenvalue weighted by molar-refractivity contribution is 5.79. The predicted molar refractivity (Wildman–Crippen MR) is 66.7 cm³/mol. The highest BCUT2D eigenvalue weighted by Gasteiger charge is 2.07. The van der Waals surface area contributed by atoms with E-state index in [4.69, 9.17) is 5.73 Å². The fraction of sp³-hybridized carbons (Fsp3) is 0.308. The van der Waals surface area contributed by atoms with Gasteiger partial charge in [-0.15, -0.1) is 0 Å². The van der Waals surface area contributed by atoms with Crippen LogP contribution in [0.2, 0.25) is 0 Å². The molecule has 0 radical (unpaired) electrons. The molecular weight excluding hydrogens is 200 g/mol. The number of H-pyrrole nitrogens is 1. The Morgan fingerprint density at radius 3 is 2.81 bits per heavy atom. The molecular formula is C13H16N2O. The molecule has 3 N–H and O–H groups in total. The van der Waals surface area contributed by atoms with Crippen molar-refractivity contribution in [3.8, 4) is 0 Å². The van der Waals surface area contributed by atoms with Crippen molar-refractivity contribution >= 4 is 10.9 Å². The summed E-state index contributed by atoms with van der Waals surface area (Å²) in [7, 11) is 0. The van der Waals surface area contributed by atoms with Crippen LogP contribution in [0.4, 0.5) is 0 Å². The van der Waals surface area contributed by atoms with E-state index in [1.165, 1.54) is 0 Å². The zero-order valence-electron chi connectivity index (χ0n) is 9.42. The summed E-state index contributed by atoms with van der Waals surface area (Å²) in [6.45, 7) is 2.56. The molecule has 16 heavy (non-hydrogen) atoms. The fourth-order valence-electron chi connectivity index (χ4n) is 1.98. The van der Waals surface area contributed by atoms with Gasteiger partial charge >= 0.3 is 0 Å². The maximum atomic E-state index is 12.2. The Hall–Kier alpha value is -1.61. The minimum Gasteiger partial charge on any atom is -0.358 e. The Balaban J connectivity index is 2.61. The highest BCUT2D eigenvalue weighted by atomic mass is 16.1. The van der Waals surface area contributed by atoms with Crippen LogP contribution in [0.5, 0.6) is 0 Å². The quantitative estimate of drug-likeness (QED) is 0.820. The number of para-hydroxylation sites is 1. The number of nitrogens with two attached hydrogens (primary N) is 1. The van der Waals surface area contributed by atoms with Crippen LogP contribution in [0.1, 0.15) is 17.7 Å². The van der Waals surface area contributed by atoms with E-state index >= 15 is 0 Å². The van der Waals surface area contributed by atoms with Crippen LogP contribution in [0, 0.1) is 6.92 Å². The molecule has 0 unspecified atom stereocenters. The monoisotopic (exact) mass is 216 g/mol. The molecule has 1 aromatic heterocycles. The van der Waals surface area contributed by atoms with Gasteiger partial charge in [0.1, 0.15) is 0 Å². The summed E-state index contributed by atoms with van der Waals surface area (Å²) in [5, 5.41) is 0.764. The van der Waals surface area contributed by atoms with Gasteiger partial charge in [0.25, 0.3) is 0 Å². The summed E-state index contributed by atoms with van der Waals surface area (Å²) < 4.78 is 0. The molecule has 0 fully saturated rings. The van der Waals surface area contributed by atoms with Gasteiger partial charge in [0, 0.05) is 22.2 Å². The maximum absolute atomic E-state index is 12.2. The number of hydrogen-bond acceptors (Lipinski definition) is 2. The molecule has 0 aliphatic heterocycles. The first-order valence-corrected chi connectivity index (χ1v) is 5.54. The zero-order chi connectivity index (χ0) is 11.5. The smallest absolute Gasteiger partial charge is 0.192 e. The summed E-state index contributed by atoms with van der Waals surface area (Å²) in [6, 6.07) is 7.60. The Morgan fingerprint density at radius 1 is 1.31 bits per heavy atom. The van der Waals surface area contributed by atoms with Crippen LogP contribution in [-0.4, -0.2) is 11.5 Å². The first-order valence-electron chi connectivity index (χ1n) is 5.54. The Morgan fingerprint density at radius 2 is 2.06 bits per heavy atom. The normalized spacial score (nSPS) is 10.9. The van der Waals surface area contributed by atoms with Crippen LogP contribution in [0.3, 0.4) is 0 Å². The van der Waals surface area contributed by atoms with E-state index in [9.17, 15) is 4.79 Å². The Labute approximate surface area is 94.3 Å². The number of aryl methyl sites for hydroxylation is 1. The predicted octanol–water partition coefficient (Wildman–Crippen LogP) is 1.73. The molecule has 3 nitrogen and oxygen atoms in total. The standard InChI is InChI=1S/C13H16N2O/c1-9-10(6-4-8-14)13(16)11-5-2-3-7-12(11)15-9/h2-3,5,7H,4,6,8,14H2,1H3,(H,15,16). The van der Waals surface area contributed by atoms with E-state index in [2.05, 4.69) is 4.98 Å². The molecule has 3 heteroatoms. The van der Waals surface area contributed by atoms with Crippen molar-refractivity contribution in [3.63, 3.8) is 0 Å². The summed E-state index contributed by atoms with van der Waals surface area (Å²) in [6.07, 6.45) is 1.60. The lowest BCUT2D eigenvalue weighted by Gasteiger charge is -2.07. The number of benzene rings is 1. The van der Waals surface area contributed by atoms with Gasteiger partial charge in [0.2, 0.25) is 0 Å². The van der Waals surface area contributed by atoms with Gasteiger partial charge in [0.15, 0.2) is 5.43 Å². The first-order chi connectivity index (χ1) is 7.74. The molecule has 1 aromatic carbocycles. The molecule has 0 saturated heterocycles. The van der Waals surface area contributed by atoms with E-state index in [-0.39, 0.29) is 5.43 Å². The average Bonchev–Trinajstić information content (AvgIpc) is 2.29. The van der Waals surface area contributed by atoms with Gasteiger partial charge in [-0.1, -0.05) is 12.1 Å². The number of nitrogens with one attached hydrogen (secondary N) is 1. The van der Waals surface area contributed by atoms with Crippen molar-refractivity contribution in [3.05, 3.63) is 45.7 Å². The summed E-state index contributed by atoms with van der Waals surface area (Å²) in [5.74, 6) is 0. The maximum Gasteiger partial charge on any atom is 0.192 e. The van der Waals surface area contributed by atoms with Crippen molar-refractivity contribution in [1.82, 2.24) is 4.98 Å². The van der Waals surface area contributed by atoms with Gasteiger partial charge in [-0.2, -0.15) is 0 Å². The van der Waals surface area contributed by atoms with Crippen LogP contribution in [-0.2, 0) is 6.42 Å². The topological polar surface area (TPSA) is 58.9 Å². The van der Waals surface area contributed by atoms with Gasteiger partial charge < -0.3 is 10.7 Å². The Kier molecular flexibility index (Phi) is 3.06. The molecule has 1 heterocycles. The van der Waals surface area contributed by atoms with Crippen LogP contribution in [0.25, 0.3) is 10.9 Å². The van der Waals surface area contributed by atoms with Gasteiger partial charge in [-0.05, 0) is 38.4 Å². The summed E-state index contributed by atoms with van der Waals surface area (Å²) in [5.41, 5.74) is 8.34. The molecule has 0 bridgehead atoms. The number of rotatable bonds is 3. The van der Waals surface area contributed by atoms with Crippen molar-refractivity contribution < 1.29 is 0 Å². The van der Waals surface area contributed by atoms with Crippen molar-refractivity contribution in [2.45, 2.75) is 19.8 Å². The second-order valence-corrected chi connectivity index (χ2v) is 4.00. The largest absolute Gasteiger partial charge is 0.358 e. The molecule has 84 valence electrons. The molecule has 0 aliphatic rings. The van der Waals surface area contributed by atoms with E-state index in [0.717, 1.165) is 35.0 Å². The zero-order valence-corrected chi connectivity index (χ0v) is 9.42. The molecule has 2 aromatic rings.